The first-order valence-electron chi connectivity index (χ1n) is 9.91. The molecule has 0 atom stereocenters. The Morgan fingerprint density at radius 2 is 1.93 bits per heavy atom. The summed E-state index contributed by atoms with van der Waals surface area (Å²) in [5.41, 5.74) is 1.06. The van der Waals surface area contributed by atoms with Crippen LogP contribution in [0.1, 0.15) is 36.9 Å². The number of ether oxygens (including phenoxy) is 1. The molecular formula is C19H25F3N6O. The molecule has 1 saturated heterocycles. The molecule has 0 spiro atoms. The second-order valence-corrected chi connectivity index (χ2v) is 7.62. The Balaban J connectivity index is 1.62. The number of aryl methyl sites for hydroxylation is 1. The van der Waals surface area contributed by atoms with Gasteiger partial charge in [-0.1, -0.05) is 0 Å². The monoisotopic (exact) mass is 410 g/mol. The Kier molecular flexibility index (Phi) is 5.62. The maximum Gasteiger partial charge on any atom is 0.254 e. The van der Waals surface area contributed by atoms with Crippen molar-refractivity contribution < 1.29 is 17.9 Å². The standard InChI is InChI=1S/C19H25F3N6O/c1-13-12-28(26-15(13)11-20)18-24-16(23-14-2-4-19(21,22)5-3-14)10-17(25-18)27-6-8-29-9-7-27/h10,12,14H,2-9,11H2,1H3,(H,23,24,25). The number of rotatable bonds is 5. The zero-order valence-corrected chi connectivity index (χ0v) is 16.4. The summed E-state index contributed by atoms with van der Waals surface area (Å²) < 4.78 is 46.9. The Labute approximate surface area is 167 Å². The molecule has 10 heteroatoms. The van der Waals surface area contributed by atoms with Gasteiger partial charge in [0.25, 0.3) is 5.95 Å². The molecule has 1 aliphatic heterocycles. The first-order valence-corrected chi connectivity index (χ1v) is 9.91. The van der Waals surface area contributed by atoms with E-state index in [-0.39, 0.29) is 18.9 Å². The van der Waals surface area contributed by atoms with Crippen molar-refractivity contribution in [2.75, 3.05) is 36.5 Å². The molecule has 1 N–H and O–H groups in total. The van der Waals surface area contributed by atoms with Crippen molar-refractivity contribution in [3.8, 4) is 5.95 Å². The quantitative estimate of drug-likeness (QED) is 0.816. The summed E-state index contributed by atoms with van der Waals surface area (Å²) in [5.74, 6) is -0.998. The van der Waals surface area contributed by atoms with Crippen LogP contribution in [0, 0.1) is 6.92 Å². The average molecular weight is 410 g/mol. The highest BCUT2D eigenvalue weighted by Gasteiger charge is 2.35. The van der Waals surface area contributed by atoms with Crippen molar-refractivity contribution in [3.05, 3.63) is 23.5 Å². The lowest BCUT2D eigenvalue weighted by molar-refractivity contribution is -0.0361. The Morgan fingerprint density at radius 1 is 1.21 bits per heavy atom. The van der Waals surface area contributed by atoms with E-state index in [2.05, 4.69) is 25.3 Å². The van der Waals surface area contributed by atoms with E-state index in [1.165, 1.54) is 4.68 Å². The second-order valence-electron chi connectivity index (χ2n) is 7.62. The molecule has 1 saturated carbocycles. The predicted octanol–water partition coefficient (Wildman–Crippen LogP) is 3.27. The van der Waals surface area contributed by atoms with E-state index in [4.69, 9.17) is 4.74 Å². The third-order valence-corrected chi connectivity index (χ3v) is 5.44. The molecule has 0 unspecified atom stereocenters. The normalized spacial score (nSPS) is 20.1. The van der Waals surface area contributed by atoms with Gasteiger partial charge >= 0.3 is 0 Å². The minimum absolute atomic E-state index is 0.0734. The van der Waals surface area contributed by atoms with Crippen molar-refractivity contribution in [3.63, 3.8) is 0 Å². The molecule has 4 rings (SSSR count). The summed E-state index contributed by atoms with van der Waals surface area (Å²) in [6.07, 6.45) is 2.20. The van der Waals surface area contributed by atoms with Crippen LogP contribution in [0.15, 0.2) is 12.3 Å². The van der Waals surface area contributed by atoms with E-state index in [9.17, 15) is 13.2 Å². The second kappa shape index (κ2) is 8.17. The fraction of sp³-hybridized carbons (Fsp3) is 0.632. The summed E-state index contributed by atoms with van der Waals surface area (Å²) in [4.78, 5) is 11.2. The lowest BCUT2D eigenvalue weighted by Crippen LogP contribution is -2.37. The summed E-state index contributed by atoms with van der Waals surface area (Å²) in [5, 5.41) is 7.52. The average Bonchev–Trinajstić information content (AvgIpc) is 3.11. The molecular weight excluding hydrogens is 385 g/mol. The van der Waals surface area contributed by atoms with E-state index < -0.39 is 12.6 Å². The Hall–Kier alpha value is -2.36. The van der Waals surface area contributed by atoms with Gasteiger partial charge in [-0.15, -0.1) is 0 Å². The van der Waals surface area contributed by atoms with Crippen LogP contribution in [-0.2, 0) is 11.4 Å². The van der Waals surface area contributed by atoms with Crippen LogP contribution < -0.4 is 10.2 Å². The zero-order chi connectivity index (χ0) is 20.4. The van der Waals surface area contributed by atoms with Crippen LogP contribution >= 0.6 is 0 Å². The highest BCUT2D eigenvalue weighted by atomic mass is 19.3. The number of alkyl halides is 3. The van der Waals surface area contributed by atoms with Gasteiger partial charge in [-0.05, 0) is 25.3 Å². The van der Waals surface area contributed by atoms with Crippen LogP contribution in [0.25, 0.3) is 5.95 Å². The maximum atomic E-state index is 13.5. The number of morpholine rings is 1. The lowest BCUT2D eigenvalue weighted by atomic mass is 9.92. The smallest absolute Gasteiger partial charge is 0.254 e. The predicted molar refractivity (Wildman–Crippen MR) is 103 cm³/mol. The first-order chi connectivity index (χ1) is 13.9. The molecule has 2 aromatic heterocycles. The molecule has 158 valence electrons. The van der Waals surface area contributed by atoms with Gasteiger partial charge in [0.15, 0.2) is 0 Å². The number of hydrogen-bond acceptors (Lipinski definition) is 6. The number of hydrogen-bond donors (Lipinski definition) is 1. The van der Waals surface area contributed by atoms with Gasteiger partial charge in [0.05, 0.1) is 18.9 Å². The number of anilines is 2. The molecule has 0 aromatic carbocycles. The number of nitrogens with one attached hydrogen (secondary N) is 1. The number of aromatic nitrogens is 4. The van der Waals surface area contributed by atoms with Gasteiger partial charge in [-0.25, -0.2) is 17.9 Å². The summed E-state index contributed by atoms with van der Waals surface area (Å²) in [6, 6.07) is 1.75. The van der Waals surface area contributed by atoms with E-state index in [0.717, 1.165) is 5.56 Å². The van der Waals surface area contributed by atoms with Gasteiger partial charge < -0.3 is 15.0 Å². The number of halogens is 3. The third kappa shape index (κ3) is 4.63. The van der Waals surface area contributed by atoms with E-state index in [0.29, 0.717) is 62.4 Å². The van der Waals surface area contributed by atoms with Gasteiger partial charge in [-0.2, -0.15) is 15.1 Å². The lowest BCUT2D eigenvalue weighted by Gasteiger charge is -2.30. The zero-order valence-electron chi connectivity index (χ0n) is 16.4. The largest absolute Gasteiger partial charge is 0.378 e. The molecule has 1 aliphatic carbocycles. The minimum Gasteiger partial charge on any atom is -0.378 e. The molecule has 0 radical (unpaired) electrons. The molecule has 0 bridgehead atoms. The highest BCUT2D eigenvalue weighted by Crippen LogP contribution is 2.34. The molecule has 3 heterocycles. The van der Waals surface area contributed by atoms with E-state index in [1.54, 1.807) is 13.1 Å². The Morgan fingerprint density at radius 3 is 2.59 bits per heavy atom. The van der Waals surface area contributed by atoms with Gasteiger partial charge in [0, 0.05) is 44.2 Å². The number of nitrogens with zero attached hydrogens (tertiary/aromatic N) is 5. The molecule has 2 fully saturated rings. The van der Waals surface area contributed by atoms with Crippen LogP contribution in [0.2, 0.25) is 0 Å². The van der Waals surface area contributed by atoms with Crippen LogP contribution in [0.5, 0.6) is 0 Å². The van der Waals surface area contributed by atoms with E-state index in [1.807, 2.05) is 6.07 Å². The summed E-state index contributed by atoms with van der Waals surface area (Å²) in [6.45, 7) is 3.72. The van der Waals surface area contributed by atoms with Crippen molar-refractivity contribution in [2.45, 2.75) is 51.2 Å². The van der Waals surface area contributed by atoms with Crippen LogP contribution in [0.3, 0.4) is 0 Å². The Bertz CT molecular complexity index is 842. The maximum absolute atomic E-state index is 13.5. The highest BCUT2D eigenvalue weighted by molar-refractivity contribution is 5.52. The molecule has 7 nitrogen and oxygen atoms in total. The third-order valence-electron chi connectivity index (χ3n) is 5.44. The molecule has 2 aliphatic rings. The van der Waals surface area contributed by atoms with Gasteiger partial charge in [-0.3, -0.25) is 0 Å². The SMILES string of the molecule is Cc1cn(-c2nc(NC3CCC(F)(F)CC3)cc(N3CCOCC3)n2)nc1CF. The summed E-state index contributed by atoms with van der Waals surface area (Å²) in [7, 11) is 0. The topological polar surface area (TPSA) is 68.1 Å². The van der Waals surface area contributed by atoms with Crippen molar-refractivity contribution in [1.82, 2.24) is 19.7 Å². The van der Waals surface area contributed by atoms with Gasteiger partial charge in [0.1, 0.15) is 18.3 Å². The van der Waals surface area contributed by atoms with Gasteiger partial charge in [0.2, 0.25) is 5.92 Å². The van der Waals surface area contributed by atoms with Crippen molar-refractivity contribution in [2.24, 2.45) is 0 Å². The molecule has 0 amide bonds. The first kappa shape index (κ1) is 19.9. The fourth-order valence-electron chi connectivity index (χ4n) is 3.68. The molecule has 29 heavy (non-hydrogen) atoms. The van der Waals surface area contributed by atoms with Crippen LogP contribution in [0.4, 0.5) is 24.8 Å². The van der Waals surface area contributed by atoms with Crippen LogP contribution in [-0.4, -0.2) is 58.0 Å². The molecule has 2 aromatic rings. The summed E-state index contributed by atoms with van der Waals surface area (Å²) >= 11 is 0. The minimum atomic E-state index is -2.58. The van der Waals surface area contributed by atoms with Crippen molar-refractivity contribution in [1.29, 1.82) is 0 Å². The van der Waals surface area contributed by atoms with Crippen molar-refractivity contribution >= 4 is 11.6 Å². The van der Waals surface area contributed by atoms with E-state index >= 15 is 0 Å². The fourth-order valence-corrected chi connectivity index (χ4v) is 3.68.